The van der Waals surface area contributed by atoms with Gasteiger partial charge in [-0.2, -0.15) is 0 Å². The molecule has 6 nitrogen and oxygen atoms in total. The predicted octanol–water partition coefficient (Wildman–Crippen LogP) is 1.10. The van der Waals surface area contributed by atoms with Crippen molar-refractivity contribution in [3.8, 4) is 0 Å². The molecule has 0 unspecified atom stereocenters. The molecular formula is C13H18N2O4S. The van der Waals surface area contributed by atoms with E-state index in [-0.39, 0.29) is 10.8 Å². The highest BCUT2D eigenvalue weighted by atomic mass is 32.2. The van der Waals surface area contributed by atoms with Gasteiger partial charge in [0.05, 0.1) is 4.90 Å². The van der Waals surface area contributed by atoms with E-state index in [1.807, 2.05) is 0 Å². The van der Waals surface area contributed by atoms with Gasteiger partial charge in [-0.1, -0.05) is 6.92 Å². The Morgan fingerprint density at radius 3 is 2.60 bits per heavy atom. The number of carbonyl (C=O) groups is 1. The van der Waals surface area contributed by atoms with Gasteiger partial charge < -0.3 is 10.1 Å². The summed E-state index contributed by atoms with van der Waals surface area (Å²) in [5.41, 5.74) is 0.556. The van der Waals surface area contributed by atoms with Crippen LogP contribution in [0.5, 0.6) is 0 Å². The van der Waals surface area contributed by atoms with Crippen molar-refractivity contribution in [2.24, 2.45) is 0 Å². The van der Waals surface area contributed by atoms with Gasteiger partial charge in [0.15, 0.2) is 0 Å². The number of carbonyl (C=O) groups excluding carboxylic acids is 1. The third-order valence-electron chi connectivity index (χ3n) is 2.99. The van der Waals surface area contributed by atoms with Crippen LogP contribution in [0.15, 0.2) is 29.2 Å². The Balaban J connectivity index is 2.03. The van der Waals surface area contributed by atoms with Crippen molar-refractivity contribution in [3.63, 3.8) is 0 Å². The molecule has 1 heterocycles. The minimum absolute atomic E-state index is 0.175. The van der Waals surface area contributed by atoms with Crippen LogP contribution in [0.4, 0.5) is 5.69 Å². The van der Waals surface area contributed by atoms with Gasteiger partial charge in [-0.15, -0.1) is 0 Å². The maximum atomic E-state index is 11.8. The van der Waals surface area contributed by atoms with E-state index in [1.54, 1.807) is 19.1 Å². The Morgan fingerprint density at radius 1 is 1.35 bits per heavy atom. The molecule has 1 saturated heterocycles. The van der Waals surface area contributed by atoms with Crippen LogP contribution in [0.2, 0.25) is 0 Å². The van der Waals surface area contributed by atoms with Gasteiger partial charge >= 0.3 is 0 Å². The molecule has 2 rings (SSSR count). The van der Waals surface area contributed by atoms with Crippen molar-refractivity contribution in [2.45, 2.75) is 30.8 Å². The van der Waals surface area contributed by atoms with Crippen LogP contribution < -0.4 is 10.0 Å². The Hall–Kier alpha value is -1.44. The molecule has 1 aromatic rings. The smallest absolute Gasteiger partial charge is 0.253 e. The minimum atomic E-state index is -3.46. The summed E-state index contributed by atoms with van der Waals surface area (Å²) < 4.78 is 31.2. The first-order valence-electron chi connectivity index (χ1n) is 6.55. The van der Waals surface area contributed by atoms with Crippen molar-refractivity contribution in [1.29, 1.82) is 0 Å². The van der Waals surface area contributed by atoms with Gasteiger partial charge in [0.25, 0.3) is 5.91 Å². The Labute approximate surface area is 118 Å². The van der Waals surface area contributed by atoms with Crippen LogP contribution in [0, 0.1) is 0 Å². The molecular weight excluding hydrogens is 280 g/mol. The molecule has 1 fully saturated rings. The number of hydrogen-bond acceptors (Lipinski definition) is 4. The molecule has 1 aliphatic heterocycles. The first-order chi connectivity index (χ1) is 9.53. The van der Waals surface area contributed by atoms with Crippen molar-refractivity contribution in [3.05, 3.63) is 24.3 Å². The van der Waals surface area contributed by atoms with E-state index < -0.39 is 16.1 Å². The average molecular weight is 298 g/mol. The van der Waals surface area contributed by atoms with Gasteiger partial charge in [-0.25, -0.2) is 13.1 Å². The van der Waals surface area contributed by atoms with Crippen LogP contribution in [0.3, 0.4) is 0 Å². The van der Waals surface area contributed by atoms with Gasteiger partial charge in [-0.05, 0) is 37.1 Å². The summed E-state index contributed by atoms with van der Waals surface area (Å²) in [5.74, 6) is -0.190. The number of hydrogen-bond donors (Lipinski definition) is 2. The summed E-state index contributed by atoms with van der Waals surface area (Å²) in [4.78, 5) is 12.0. The summed E-state index contributed by atoms with van der Waals surface area (Å²) in [6.45, 7) is 2.66. The summed E-state index contributed by atoms with van der Waals surface area (Å²) >= 11 is 0. The second kappa shape index (κ2) is 6.34. The zero-order chi connectivity index (χ0) is 14.6. The molecule has 0 aliphatic carbocycles. The van der Waals surface area contributed by atoms with Crippen molar-refractivity contribution in [2.75, 3.05) is 18.5 Å². The fourth-order valence-electron chi connectivity index (χ4n) is 2.00. The lowest BCUT2D eigenvalue weighted by Gasteiger charge is -2.11. The molecule has 7 heteroatoms. The second-order valence-electron chi connectivity index (χ2n) is 4.52. The summed E-state index contributed by atoms with van der Waals surface area (Å²) in [5, 5.41) is 2.72. The molecule has 2 N–H and O–H groups in total. The SMILES string of the molecule is CCNS(=O)(=O)c1ccc(NC(=O)[C@H]2CCCO2)cc1. The summed E-state index contributed by atoms with van der Waals surface area (Å²) in [7, 11) is -3.46. The number of ether oxygens (including phenoxy) is 1. The normalized spacial score (nSPS) is 18.9. The van der Waals surface area contributed by atoms with Crippen molar-refractivity contribution < 1.29 is 17.9 Å². The number of sulfonamides is 1. The highest BCUT2D eigenvalue weighted by molar-refractivity contribution is 7.89. The third kappa shape index (κ3) is 3.56. The molecule has 0 aromatic heterocycles. The number of amides is 1. The molecule has 1 amide bonds. The third-order valence-corrected chi connectivity index (χ3v) is 4.55. The van der Waals surface area contributed by atoms with E-state index in [1.165, 1.54) is 12.1 Å². The molecule has 1 aromatic carbocycles. The highest BCUT2D eigenvalue weighted by Crippen LogP contribution is 2.17. The van der Waals surface area contributed by atoms with E-state index >= 15 is 0 Å². The molecule has 20 heavy (non-hydrogen) atoms. The number of anilines is 1. The van der Waals surface area contributed by atoms with Crippen LogP contribution in [0.25, 0.3) is 0 Å². The molecule has 0 bridgehead atoms. The van der Waals surface area contributed by atoms with Crippen LogP contribution in [-0.2, 0) is 19.6 Å². The first kappa shape index (κ1) is 15.0. The zero-order valence-corrected chi connectivity index (χ0v) is 12.1. The largest absolute Gasteiger partial charge is 0.368 e. The van der Waals surface area contributed by atoms with E-state index in [0.717, 1.165) is 12.8 Å². The minimum Gasteiger partial charge on any atom is -0.368 e. The lowest BCUT2D eigenvalue weighted by molar-refractivity contribution is -0.124. The Morgan fingerprint density at radius 2 is 2.05 bits per heavy atom. The molecule has 0 saturated carbocycles. The van der Waals surface area contributed by atoms with Crippen LogP contribution >= 0.6 is 0 Å². The standard InChI is InChI=1S/C13H18N2O4S/c1-2-14-20(17,18)11-7-5-10(6-8-11)15-13(16)12-4-3-9-19-12/h5-8,12,14H,2-4,9H2,1H3,(H,15,16)/t12-/m1/s1. The molecule has 110 valence electrons. The van der Waals surface area contributed by atoms with E-state index in [9.17, 15) is 13.2 Å². The highest BCUT2D eigenvalue weighted by Gasteiger charge is 2.23. The van der Waals surface area contributed by atoms with E-state index in [0.29, 0.717) is 18.8 Å². The van der Waals surface area contributed by atoms with Gasteiger partial charge in [-0.3, -0.25) is 4.79 Å². The molecule has 0 spiro atoms. The monoisotopic (exact) mass is 298 g/mol. The fraction of sp³-hybridized carbons (Fsp3) is 0.462. The molecule has 1 atom stereocenters. The topological polar surface area (TPSA) is 84.5 Å². The predicted molar refractivity (Wildman–Crippen MR) is 74.9 cm³/mol. The average Bonchev–Trinajstić information content (AvgIpc) is 2.93. The Bertz CT molecular complexity index is 563. The lowest BCUT2D eigenvalue weighted by atomic mass is 10.2. The fourth-order valence-corrected chi connectivity index (χ4v) is 3.04. The maximum absolute atomic E-state index is 11.8. The summed E-state index contributed by atoms with van der Waals surface area (Å²) in [6, 6.07) is 6.06. The van der Waals surface area contributed by atoms with Gasteiger partial charge in [0, 0.05) is 18.8 Å². The zero-order valence-electron chi connectivity index (χ0n) is 11.3. The summed E-state index contributed by atoms with van der Waals surface area (Å²) in [6.07, 6.45) is 1.21. The van der Waals surface area contributed by atoms with Crippen molar-refractivity contribution in [1.82, 2.24) is 4.72 Å². The Kier molecular flexibility index (Phi) is 4.74. The van der Waals surface area contributed by atoms with Gasteiger partial charge in [0.1, 0.15) is 6.10 Å². The number of rotatable bonds is 5. The van der Waals surface area contributed by atoms with Crippen LogP contribution in [-0.4, -0.2) is 33.6 Å². The van der Waals surface area contributed by atoms with Gasteiger partial charge in [0.2, 0.25) is 10.0 Å². The maximum Gasteiger partial charge on any atom is 0.253 e. The quantitative estimate of drug-likeness (QED) is 0.852. The second-order valence-corrected chi connectivity index (χ2v) is 6.28. The first-order valence-corrected chi connectivity index (χ1v) is 8.03. The van der Waals surface area contributed by atoms with Crippen LogP contribution in [0.1, 0.15) is 19.8 Å². The van der Waals surface area contributed by atoms with Crippen molar-refractivity contribution >= 4 is 21.6 Å². The lowest BCUT2D eigenvalue weighted by Crippen LogP contribution is -2.27. The van der Waals surface area contributed by atoms with E-state index in [4.69, 9.17) is 4.74 Å². The number of nitrogens with one attached hydrogen (secondary N) is 2. The molecule has 0 radical (unpaired) electrons. The molecule has 1 aliphatic rings. The van der Waals surface area contributed by atoms with E-state index in [2.05, 4.69) is 10.0 Å². The number of benzene rings is 1.